The molecule has 0 saturated carbocycles. The zero-order chi connectivity index (χ0) is 16.0. The monoisotopic (exact) mass is 315 g/mol. The average Bonchev–Trinajstić information content (AvgIpc) is 3.03. The molecule has 1 aliphatic heterocycles. The van der Waals surface area contributed by atoms with Gasteiger partial charge in [-0.05, 0) is 35.4 Å². The van der Waals surface area contributed by atoms with Gasteiger partial charge in [0.25, 0.3) is 5.91 Å². The number of alkyl halides is 2. The molecule has 1 aliphatic carbocycles. The minimum atomic E-state index is -3.69. The van der Waals surface area contributed by atoms with E-state index < -0.39 is 6.29 Å². The number of nitrogens with one attached hydrogen (secondary N) is 1. The number of amides is 1. The van der Waals surface area contributed by atoms with Gasteiger partial charge in [-0.15, -0.1) is 8.78 Å². The zero-order valence-electron chi connectivity index (χ0n) is 11.8. The Morgan fingerprint density at radius 1 is 1.09 bits per heavy atom. The lowest BCUT2D eigenvalue weighted by molar-refractivity contribution is -0.286. The molecular weight excluding hydrogens is 304 g/mol. The number of carbonyl (C=O) groups excluding carboxylic acids is 1. The number of carbonyl (C=O) groups is 1. The van der Waals surface area contributed by atoms with Crippen molar-refractivity contribution in [2.75, 3.05) is 0 Å². The van der Waals surface area contributed by atoms with Gasteiger partial charge in [-0.3, -0.25) is 4.79 Å². The standard InChI is InChI=1S/C17H11F2NO3/c18-17(19)22-14-6-5-12(9-15(14)23-17)16(21)20-13-7-10-3-1-2-4-11(10)8-13/h1-7,9H,8H2,(H,20,21). The maximum Gasteiger partial charge on any atom is 0.586 e. The Labute approximate surface area is 130 Å². The highest BCUT2D eigenvalue weighted by atomic mass is 19.3. The van der Waals surface area contributed by atoms with Crippen molar-refractivity contribution in [3.05, 3.63) is 64.9 Å². The Morgan fingerprint density at radius 3 is 2.70 bits per heavy atom. The normalized spacial score (nSPS) is 16.7. The Morgan fingerprint density at radius 2 is 1.87 bits per heavy atom. The molecule has 0 fully saturated rings. The van der Waals surface area contributed by atoms with Crippen LogP contribution >= 0.6 is 0 Å². The van der Waals surface area contributed by atoms with E-state index in [-0.39, 0.29) is 23.0 Å². The lowest BCUT2D eigenvalue weighted by Crippen LogP contribution is -2.26. The molecule has 1 heterocycles. The molecule has 6 heteroatoms. The summed E-state index contributed by atoms with van der Waals surface area (Å²) < 4.78 is 34.7. The molecule has 23 heavy (non-hydrogen) atoms. The molecule has 2 aromatic carbocycles. The van der Waals surface area contributed by atoms with Crippen LogP contribution in [0.25, 0.3) is 6.08 Å². The number of rotatable bonds is 2. The molecule has 4 nitrogen and oxygen atoms in total. The number of allylic oxidation sites excluding steroid dienone is 1. The van der Waals surface area contributed by atoms with Crippen LogP contribution in [0.2, 0.25) is 0 Å². The number of hydrogen-bond acceptors (Lipinski definition) is 3. The third-order valence-electron chi connectivity index (χ3n) is 3.70. The molecule has 0 atom stereocenters. The summed E-state index contributed by atoms with van der Waals surface area (Å²) in [4.78, 5) is 12.3. The van der Waals surface area contributed by atoms with Crippen molar-refractivity contribution >= 4 is 12.0 Å². The lowest BCUT2D eigenvalue weighted by Gasteiger charge is -2.06. The van der Waals surface area contributed by atoms with E-state index >= 15 is 0 Å². The highest BCUT2D eigenvalue weighted by molar-refractivity contribution is 5.96. The minimum absolute atomic E-state index is 0.0842. The summed E-state index contributed by atoms with van der Waals surface area (Å²) in [6.45, 7) is 0. The molecule has 0 aromatic heterocycles. The predicted octanol–water partition coefficient (Wildman–Crippen LogP) is 3.34. The molecule has 4 rings (SSSR count). The second-order valence-corrected chi connectivity index (χ2v) is 5.33. The van der Waals surface area contributed by atoms with Gasteiger partial charge in [0.15, 0.2) is 11.5 Å². The molecule has 2 aromatic rings. The van der Waals surface area contributed by atoms with E-state index in [1.54, 1.807) is 0 Å². The first-order valence-electron chi connectivity index (χ1n) is 7.00. The molecule has 116 valence electrons. The summed E-state index contributed by atoms with van der Waals surface area (Å²) in [5, 5.41) is 2.79. The summed E-state index contributed by atoms with van der Waals surface area (Å²) in [6, 6.07) is 11.8. The fraction of sp³-hybridized carbons (Fsp3) is 0.118. The Kier molecular flexibility index (Phi) is 2.87. The summed E-state index contributed by atoms with van der Waals surface area (Å²) in [5.74, 6) is -0.615. The maximum absolute atomic E-state index is 13.0. The number of hydrogen-bond donors (Lipinski definition) is 1. The second-order valence-electron chi connectivity index (χ2n) is 5.33. The molecule has 0 unspecified atom stereocenters. The van der Waals surface area contributed by atoms with Gasteiger partial charge in [-0.25, -0.2) is 0 Å². The summed E-state index contributed by atoms with van der Waals surface area (Å²) in [5.41, 5.74) is 3.18. The van der Waals surface area contributed by atoms with E-state index in [1.807, 2.05) is 30.3 Å². The molecular formula is C17H11F2NO3. The first-order valence-corrected chi connectivity index (χ1v) is 7.00. The SMILES string of the molecule is O=C(NC1=Cc2ccccc2C1)c1ccc2c(c1)OC(F)(F)O2. The molecule has 0 bridgehead atoms. The maximum atomic E-state index is 13.0. The molecule has 2 aliphatic rings. The van der Waals surface area contributed by atoms with Crippen molar-refractivity contribution in [3.8, 4) is 11.5 Å². The van der Waals surface area contributed by atoms with Crippen molar-refractivity contribution in [2.24, 2.45) is 0 Å². The molecule has 0 spiro atoms. The minimum Gasteiger partial charge on any atom is -0.395 e. The van der Waals surface area contributed by atoms with Crippen LogP contribution in [-0.4, -0.2) is 12.2 Å². The first kappa shape index (κ1) is 13.8. The number of benzene rings is 2. The number of halogens is 2. The van der Waals surface area contributed by atoms with Crippen LogP contribution in [-0.2, 0) is 6.42 Å². The molecule has 0 radical (unpaired) electrons. The third-order valence-corrected chi connectivity index (χ3v) is 3.70. The van der Waals surface area contributed by atoms with Crippen LogP contribution in [0.3, 0.4) is 0 Å². The van der Waals surface area contributed by atoms with Crippen LogP contribution < -0.4 is 14.8 Å². The van der Waals surface area contributed by atoms with Gasteiger partial charge in [0.1, 0.15) is 0 Å². The van der Waals surface area contributed by atoms with E-state index in [0.29, 0.717) is 6.42 Å². The highest BCUT2D eigenvalue weighted by Gasteiger charge is 2.43. The fourth-order valence-corrected chi connectivity index (χ4v) is 2.67. The summed E-state index contributed by atoms with van der Waals surface area (Å²) in [7, 11) is 0. The third kappa shape index (κ3) is 2.52. The van der Waals surface area contributed by atoms with Gasteiger partial charge < -0.3 is 14.8 Å². The van der Waals surface area contributed by atoms with Crippen LogP contribution in [0.1, 0.15) is 21.5 Å². The largest absolute Gasteiger partial charge is 0.586 e. The van der Waals surface area contributed by atoms with Crippen molar-refractivity contribution in [2.45, 2.75) is 12.7 Å². The quantitative estimate of drug-likeness (QED) is 0.924. The number of fused-ring (bicyclic) bond motifs is 2. The Hall–Kier alpha value is -2.89. The topological polar surface area (TPSA) is 47.6 Å². The average molecular weight is 315 g/mol. The molecule has 1 N–H and O–H groups in total. The zero-order valence-corrected chi connectivity index (χ0v) is 11.8. The Bertz CT molecular complexity index is 845. The Balaban J connectivity index is 1.51. The van der Waals surface area contributed by atoms with Crippen LogP contribution in [0.15, 0.2) is 48.2 Å². The smallest absolute Gasteiger partial charge is 0.395 e. The van der Waals surface area contributed by atoms with E-state index in [9.17, 15) is 13.6 Å². The van der Waals surface area contributed by atoms with Gasteiger partial charge in [0, 0.05) is 17.7 Å². The van der Waals surface area contributed by atoms with Gasteiger partial charge in [-0.2, -0.15) is 0 Å². The summed E-state index contributed by atoms with van der Waals surface area (Å²) >= 11 is 0. The van der Waals surface area contributed by atoms with Crippen LogP contribution in [0.5, 0.6) is 11.5 Å². The number of ether oxygens (including phenoxy) is 2. The predicted molar refractivity (Wildman–Crippen MR) is 78.2 cm³/mol. The van der Waals surface area contributed by atoms with Crippen molar-refractivity contribution in [1.82, 2.24) is 5.32 Å². The van der Waals surface area contributed by atoms with E-state index in [4.69, 9.17) is 0 Å². The summed E-state index contributed by atoms with van der Waals surface area (Å²) in [6.07, 6.45) is -1.16. The van der Waals surface area contributed by atoms with Gasteiger partial charge >= 0.3 is 6.29 Å². The highest BCUT2D eigenvalue weighted by Crippen LogP contribution is 2.41. The van der Waals surface area contributed by atoms with Crippen molar-refractivity contribution in [1.29, 1.82) is 0 Å². The van der Waals surface area contributed by atoms with Crippen LogP contribution in [0, 0.1) is 0 Å². The first-order chi connectivity index (χ1) is 11.0. The lowest BCUT2D eigenvalue weighted by atomic mass is 10.1. The second kappa shape index (κ2) is 4.81. The molecule has 1 amide bonds. The van der Waals surface area contributed by atoms with E-state index in [1.165, 1.54) is 18.2 Å². The van der Waals surface area contributed by atoms with Gasteiger partial charge in [-0.1, -0.05) is 24.3 Å². The molecule has 0 saturated heterocycles. The van der Waals surface area contributed by atoms with E-state index in [0.717, 1.165) is 16.8 Å². The van der Waals surface area contributed by atoms with Crippen LogP contribution in [0.4, 0.5) is 8.78 Å². The van der Waals surface area contributed by atoms with Crippen molar-refractivity contribution < 1.29 is 23.0 Å². The van der Waals surface area contributed by atoms with Gasteiger partial charge in [0.2, 0.25) is 0 Å². The van der Waals surface area contributed by atoms with Gasteiger partial charge in [0.05, 0.1) is 0 Å². The fourth-order valence-electron chi connectivity index (χ4n) is 2.67. The van der Waals surface area contributed by atoms with E-state index in [2.05, 4.69) is 14.8 Å². The van der Waals surface area contributed by atoms with Crippen molar-refractivity contribution in [3.63, 3.8) is 0 Å².